The molecule has 0 unspecified atom stereocenters. The molecular weight excluding hydrogens is 332 g/mol. The Balaban J connectivity index is 1.57. The second-order valence-electron chi connectivity index (χ2n) is 5.70. The van der Waals surface area contributed by atoms with Gasteiger partial charge in [-0.15, -0.1) is 0 Å². The summed E-state index contributed by atoms with van der Waals surface area (Å²) in [6, 6.07) is 13.8. The van der Waals surface area contributed by atoms with Gasteiger partial charge < -0.3 is 5.32 Å². The zero-order valence-corrected chi connectivity index (χ0v) is 14.5. The van der Waals surface area contributed by atoms with Crippen LogP contribution in [-0.2, 0) is 6.54 Å². The van der Waals surface area contributed by atoms with Crippen LogP contribution in [0.3, 0.4) is 0 Å². The maximum atomic E-state index is 12.5. The van der Waals surface area contributed by atoms with Crippen molar-refractivity contribution in [1.82, 2.24) is 19.7 Å². The molecule has 0 aliphatic rings. The lowest BCUT2D eigenvalue weighted by Gasteiger charge is -2.04. The van der Waals surface area contributed by atoms with E-state index >= 15 is 0 Å². The molecule has 0 saturated carbocycles. The quantitative estimate of drug-likeness (QED) is 0.612. The summed E-state index contributed by atoms with van der Waals surface area (Å²) in [4.78, 5) is 22.7. The fourth-order valence-electron chi connectivity index (χ4n) is 2.67. The predicted octanol–water partition coefficient (Wildman–Crippen LogP) is 3.70. The van der Waals surface area contributed by atoms with E-state index in [1.54, 1.807) is 12.4 Å². The fraction of sp³-hybridized carbons (Fsp3) is 0.105. The summed E-state index contributed by atoms with van der Waals surface area (Å²) in [6.07, 6.45) is 5.42. The van der Waals surface area contributed by atoms with Crippen molar-refractivity contribution in [3.8, 4) is 11.3 Å². The molecule has 25 heavy (non-hydrogen) atoms. The first-order valence-electron chi connectivity index (χ1n) is 7.93. The number of aromatic nitrogens is 3. The van der Waals surface area contributed by atoms with Gasteiger partial charge in [-0.1, -0.05) is 41.7 Å². The topological polar surface area (TPSA) is 59.3 Å². The molecule has 0 atom stereocenters. The number of rotatable bonds is 4. The van der Waals surface area contributed by atoms with E-state index in [0.717, 1.165) is 27.5 Å². The van der Waals surface area contributed by atoms with Crippen LogP contribution in [-0.4, -0.2) is 20.3 Å². The summed E-state index contributed by atoms with van der Waals surface area (Å²) in [7, 11) is 0. The van der Waals surface area contributed by atoms with Gasteiger partial charge in [0.05, 0.1) is 5.69 Å². The van der Waals surface area contributed by atoms with Gasteiger partial charge in [-0.25, -0.2) is 4.98 Å². The molecule has 1 aromatic carbocycles. The maximum Gasteiger partial charge on any atom is 0.263 e. The highest BCUT2D eigenvalue weighted by atomic mass is 32.1. The van der Waals surface area contributed by atoms with Crippen molar-refractivity contribution in [3.05, 3.63) is 77.2 Å². The van der Waals surface area contributed by atoms with Crippen LogP contribution >= 0.6 is 11.3 Å². The van der Waals surface area contributed by atoms with Crippen LogP contribution in [0.25, 0.3) is 16.2 Å². The Morgan fingerprint density at radius 1 is 1.16 bits per heavy atom. The lowest BCUT2D eigenvalue weighted by Crippen LogP contribution is -2.22. The van der Waals surface area contributed by atoms with E-state index in [0.29, 0.717) is 11.4 Å². The second-order valence-corrected chi connectivity index (χ2v) is 6.68. The number of carbonyl (C=O) groups excluding carboxylic acids is 1. The Kier molecular flexibility index (Phi) is 4.03. The summed E-state index contributed by atoms with van der Waals surface area (Å²) in [5, 5.41) is 2.96. The summed E-state index contributed by atoms with van der Waals surface area (Å²) in [5.74, 6) is -0.0777. The summed E-state index contributed by atoms with van der Waals surface area (Å²) >= 11 is 1.41. The van der Waals surface area contributed by atoms with Crippen molar-refractivity contribution < 1.29 is 4.79 Å². The van der Waals surface area contributed by atoms with Gasteiger partial charge >= 0.3 is 0 Å². The van der Waals surface area contributed by atoms with Gasteiger partial charge in [0.15, 0.2) is 4.96 Å². The zero-order valence-electron chi connectivity index (χ0n) is 13.6. The average Bonchev–Trinajstić information content (AvgIpc) is 3.21. The Hall–Kier alpha value is -2.99. The molecule has 124 valence electrons. The average molecular weight is 348 g/mol. The first-order valence-corrected chi connectivity index (χ1v) is 8.75. The number of carbonyl (C=O) groups is 1. The van der Waals surface area contributed by atoms with Crippen LogP contribution in [0, 0.1) is 6.92 Å². The largest absolute Gasteiger partial charge is 0.347 e. The molecule has 0 saturated heterocycles. The number of imidazole rings is 1. The minimum absolute atomic E-state index is 0.0777. The Bertz CT molecular complexity index is 1020. The van der Waals surface area contributed by atoms with Crippen LogP contribution in [0.15, 0.2) is 61.1 Å². The molecule has 4 rings (SSSR count). The molecular formula is C19H16N4OS. The molecule has 0 bridgehead atoms. The van der Waals surface area contributed by atoms with Crippen LogP contribution in [0.2, 0.25) is 0 Å². The standard InChI is InChI=1S/C19H16N4OS/c1-13-17(18(24)21-11-14-7-9-20-10-8-14)25-19-22-16(12-23(13)19)15-5-3-2-4-6-15/h2-10,12H,11H2,1H3,(H,21,24). The number of hydrogen-bond donors (Lipinski definition) is 1. The van der Waals surface area contributed by atoms with E-state index < -0.39 is 0 Å². The number of benzene rings is 1. The summed E-state index contributed by atoms with van der Waals surface area (Å²) in [6.45, 7) is 2.43. The normalized spacial score (nSPS) is 10.9. The SMILES string of the molecule is Cc1c(C(=O)NCc2ccncc2)sc2nc(-c3ccccc3)cn12. The number of pyridine rings is 1. The molecule has 0 aliphatic carbocycles. The number of hydrogen-bond acceptors (Lipinski definition) is 4. The predicted molar refractivity (Wildman–Crippen MR) is 98.6 cm³/mol. The monoisotopic (exact) mass is 348 g/mol. The van der Waals surface area contributed by atoms with Crippen molar-refractivity contribution >= 4 is 22.2 Å². The number of thiazole rings is 1. The van der Waals surface area contributed by atoms with E-state index in [1.165, 1.54) is 11.3 Å². The Morgan fingerprint density at radius 2 is 1.92 bits per heavy atom. The van der Waals surface area contributed by atoms with Gasteiger partial charge in [-0.3, -0.25) is 14.2 Å². The van der Waals surface area contributed by atoms with Crippen molar-refractivity contribution in [2.75, 3.05) is 0 Å². The van der Waals surface area contributed by atoms with Crippen LogP contribution < -0.4 is 5.32 Å². The highest BCUT2D eigenvalue weighted by Gasteiger charge is 2.17. The molecule has 0 radical (unpaired) electrons. The molecule has 1 amide bonds. The Morgan fingerprint density at radius 3 is 2.64 bits per heavy atom. The third-order valence-electron chi connectivity index (χ3n) is 4.04. The second kappa shape index (κ2) is 6.49. The van der Waals surface area contributed by atoms with Gasteiger partial charge in [0.2, 0.25) is 0 Å². The fourth-order valence-corrected chi connectivity index (χ4v) is 3.70. The van der Waals surface area contributed by atoms with E-state index in [9.17, 15) is 4.79 Å². The minimum Gasteiger partial charge on any atom is -0.347 e. The van der Waals surface area contributed by atoms with Crippen molar-refractivity contribution in [2.24, 2.45) is 0 Å². The molecule has 5 nitrogen and oxygen atoms in total. The highest BCUT2D eigenvalue weighted by Crippen LogP contribution is 2.27. The third kappa shape index (κ3) is 3.04. The van der Waals surface area contributed by atoms with Gasteiger partial charge in [0.1, 0.15) is 4.88 Å². The number of amides is 1. The lowest BCUT2D eigenvalue weighted by atomic mass is 10.2. The van der Waals surface area contributed by atoms with E-state index in [1.807, 2.05) is 60.0 Å². The molecule has 1 N–H and O–H groups in total. The van der Waals surface area contributed by atoms with Crippen LogP contribution in [0.1, 0.15) is 20.9 Å². The lowest BCUT2D eigenvalue weighted by molar-refractivity contribution is 0.0954. The highest BCUT2D eigenvalue weighted by molar-refractivity contribution is 7.19. The van der Waals surface area contributed by atoms with Gasteiger partial charge in [-0.2, -0.15) is 0 Å². The van der Waals surface area contributed by atoms with Crippen LogP contribution in [0.5, 0.6) is 0 Å². The first-order chi connectivity index (χ1) is 12.2. The Labute approximate surface area is 149 Å². The minimum atomic E-state index is -0.0777. The van der Waals surface area contributed by atoms with Crippen LogP contribution in [0.4, 0.5) is 0 Å². The summed E-state index contributed by atoms with van der Waals surface area (Å²) < 4.78 is 1.98. The molecule has 0 fully saturated rings. The zero-order chi connectivity index (χ0) is 17.2. The smallest absolute Gasteiger partial charge is 0.263 e. The van der Waals surface area contributed by atoms with E-state index in [2.05, 4.69) is 15.3 Å². The van der Waals surface area contributed by atoms with E-state index in [-0.39, 0.29) is 5.91 Å². The van der Waals surface area contributed by atoms with Gasteiger partial charge in [-0.05, 0) is 24.6 Å². The number of nitrogens with one attached hydrogen (secondary N) is 1. The summed E-state index contributed by atoms with van der Waals surface area (Å²) in [5.41, 5.74) is 3.91. The number of aryl methyl sites for hydroxylation is 1. The van der Waals surface area contributed by atoms with Crippen molar-refractivity contribution in [1.29, 1.82) is 0 Å². The van der Waals surface area contributed by atoms with Crippen molar-refractivity contribution in [2.45, 2.75) is 13.5 Å². The molecule has 0 spiro atoms. The maximum absolute atomic E-state index is 12.5. The molecule has 3 heterocycles. The van der Waals surface area contributed by atoms with Crippen molar-refractivity contribution in [3.63, 3.8) is 0 Å². The number of fused-ring (bicyclic) bond motifs is 1. The van der Waals surface area contributed by atoms with Gasteiger partial charge in [0.25, 0.3) is 5.91 Å². The third-order valence-corrected chi connectivity index (χ3v) is 5.19. The first kappa shape index (κ1) is 15.5. The number of nitrogens with zero attached hydrogens (tertiary/aromatic N) is 3. The van der Waals surface area contributed by atoms with E-state index in [4.69, 9.17) is 0 Å². The molecule has 4 aromatic rings. The molecule has 3 aromatic heterocycles. The molecule has 0 aliphatic heterocycles. The molecule has 6 heteroatoms. The van der Waals surface area contributed by atoms with Gasteiger partial charge in [0, 0.05) is 36.4 Å².